The van der Waals surface area contributed by atoms with Crippen LogP contribution < -0.4 is 15.8 Å². The second-order valence-electron chi connectivity index (χ2n) is 9.57. The largest absolute Gasteiger partial charge is 0.474 e. The van der Waals surface area contributed by atoms with Crippen molar-refractivity contribution < 1.29 is 19.1 Å². The average Bonchev–Trinajstić information content (AvgIpc) is 2.75. The highest BCUT2D eigenvalue weighted by atomic mass is 16.5. The highest BCUT2D eigenvalue weighted by molar-refractivity contribution is 5.98. The third-order valence-electron chi connectivity index (χ3n) is 7.20. The third-order valence-corrected chi connectivity index (χ3v) is 7.20. The lowest BCUT2D eigenvalue weighted by molar-refractivity contribution is -0.145. The molecule has 0 bridgehead atoms. The van der Waals surface area contributed by atoms with Crippen molar-refractivity contribution in [1.29, 1.82) is 0 Å². The number of urea groups is 1. The minimum absolute atomic E-state index is 0.0350. The van der Waals surface area contributed by atoms with Crippen LogP contribution in [0.2, 0.25) is 0 Å². The number of hydrogen-bond acceptors (Lipinski definition) is 5. The van der Waals surface area contributed by atoms with Gasteiger partial charge in [-0.3, -0.25) is 14.5 Å². The summed E-state index contributed by atoms with van der Waals surface area (Å²) in [5.74, 6) is -0.372. The number of hydrogen-bond donors (Lipinski definition) is 2. The van der Waals surface area contributed by atoms with Crippen molar-refractivity contribution in [3.05, 3.63) is 59.8 Å². The molecule has 3 aliphatic rings. The maximum absolute atomic E-state index is 12.8. The maximum atomic E-state index is 12.8. The standard InChI is InChI=1S/C25H28N4O4/c26-22(31)20-7-4-10-27-23(20)33-19-14-25(15-19)12-18(13-25)29-21(30)11-17(28-24(29)32)9-8-16-5-2-1-3-6-16/h1-7,10,17-19H,8-9,11-15H2,(H2,26,31)(H,28,32)/t17-,18?,19?,25?/m0/s1. The molecule has 4 amide bonds. The molecule has 0 unspecified atom stereocenters. The molecule has 1 saturated heterocycles. The quantitative estimate of drug-likeness (QED) is 0.676. The molecule has 1 aromatic heterocycles. The molecule has 1 spiro atoms. The molecule has 3 fully saturated rings. The summed E-state index contributed by atoms with van der Waals surface area (Å²) in [6, 6.07) is 12.9. The Morgan fingerprint density at radius 2 is 1.88 bits per heavy atom. The highest BCUT2D eigenvalue weighted by Crippen LogP contribution is 2.58. The lowest BCUT2D eigenvalue weighted by atomic mass is 9.52. The number of ether oxygens (including phenoxy) is 1. The maximum Gasteiger partial charge on any atom is 0.324 e. The van der Waals surface area contributed by atoms with E-state index in [2.05, 4.69) is 22.4 Å². The van der Waals surface area contributed by atoms with Gasteiger partial charge in [-0.2, -0.15) is 0 Å². The fourth-order valence-electron chi connectivity index (χ4n) is 5.52. The van der Waals surface area contributed by atoms with Crippen molar-refractivity contribution >= 4 is 17.8 Å². The monoisotopic (exact) mass is 448 g/mol. The van der Waals surface area contributed by atoms with Crippen LogP contribution in [0.15, 0.2) is 48.7 Å². The number of amides is 4. The molecule has 1 aliphatic heterocycles. The van der Waals surface area contributed by atoms with Gasteiger partial charge in [-0.1, -0.05) is 30.3 Å². The first-order chi connectivity index (χ1) is 15.9. The molecule has 2 heterocycles. The lowest BCUT2D eigenvalue weighted by Gasteiger charge is -2.59. The van der Waals surface area contributed by atoms with Gasteiger partial charge in [-0.15, -0.1) is 0 Å². The molecular weight excluding hydrogens is 420 g/mol. The van der Waals surface area contributed by atoms with Crippen LogP contribution in [0.25, 0.3) is 0 Å². The number of carbonyl (C=O) groups is 3. The number of aromatic nitrogens is 1. The van der Waals surface area contributed by atoms with Crippen molar-refractivity contribution in [3.8, 4) is 5.88 Å². The van der Waals surface area contributed by atoms with E-state index in [1.165, 1.54) is 10.5 Å². The average molecular weight is 449 g/mol. The molecule has 3 N–H and O–H groups in total. The minimum Gasteiger partial charge on any atom is -0.474 e. The Balaban J connectivity index is 1.10. The Morgan fingerprint density at radius 3 is 2.58 bits per heavy atom. The van der Waals surface area contributed by atoms with Gasteiger partial charge in [0.15, 0.2) is 0 Å². The zero-order valence-electron chi connectivity index (χ0n) is 18.4. The molecule has 8 heteroatoms. The second kappa shape index (κ2) is 8.50. The number of aryl methyl sites for hydroxylation is 1. The van der Waals surface area contributed by atoms with Crippen LogP contribution in [0.4, 0.5) is 4.79 Å². The van der Waals surface area contributed by atoms with E-state index in [0.29, 0.717) is 6.42 Å². The topological polar surface area (TPSA) is 115 Å². The summed E-state index contributed by atoms with van der Waals surface area (Å²) in [7, 11) is 0. The molecule has 2 aromatic rings. The van der Waals surface area contributed by atoms with Gasteiger partial charge >= 0.3 is 6.03 Å². The van der Waals surface area contributed by atoms with E-state index in [0.717, 1.165) is 38.5 Å². The zero-order valence-corrected chi connectivity index (χ0v) is 18.4. The van der Waals surface area contributed by atoms with Crippen LogP contribution in [-0.2, 0) is 11.2 Å². The molecule has 172 valence electrons. The van der Waals surface area contributed by atoms with Gasteiger partial charge in [0.05, 0.1) is 0 Å². The van der Waals surface area contributed by atoms with Crippen LogP contribution in [0.1, 0.15) is 54.4 Å². The summed E-state index contributed by atoms with van der Waals surface area (Å²) >= 11 is 0. The highest BCUT2D eigenvalue weighted by Gasteiger charge is 2.57. The van der Waals surface area contributed by atoms with E-state index in [4.69, 9.17) is 10.5 Å². The number of benzene rings is 1. The number of nitrogens with one attached hydrogen (secondary N) is 1. The van der Waals surface area contributed by atoms with E-state index in [1.54, 1.807) is 18.3 Å². The lowest BCUT2D eigenvalue weighted by Crippen LogP contribution is -2.65. The van der Waals surface area contributed by atoms with Crippen molar-refractivity contribution in [2.75, 3.05) is 0 Å². The number of nitrogens with two attached hydrogens (primary N) is 1. The Morgan fingerprint density at radius 1 is 1.12 bits per heavy atom. The second-order valence-corrected chi connectivity index (χ2v) is 9.57. The Bertz CT molecular complexity index is 1040. The first-order valence-corrected chi connectivity index (χ1v) is 11.5. The van der Waals surface area contributed by atoms with Crippen molar-refractivity contribution in [3.63, 3.8) is 0 Å². The van der Waals surface area contributed by atoms with Crippen molar-refractivity contribution in [2.24, 2.45) is 11.1 Å². The molecule has 0 radical (unpaired) electrons. The molecule has 1 atom stereocenters. The Kier molecular flexibility index (Phi) is 5.52. The molecule has 33 heavy (non-hydrogen) atoms. The van der Waals surface area contributed by atoms with Gasteiger partial charge in [0.1, 0.15) is 11.7 Å². The normalized spacial score (nSPS) is 28.6. The van der Waals surface area contributed by atoms with E-state index >= 15 is 0 Å². The fraction of sp³-hybridized carbons (Fsp3) is 0.440. The third kappa shape index (κ3) is 4.29. The summed E-state index contributed by atoms with van der Waals surface area (Å²) in [6.45, 7) is 0. The van der Waals surface area contributed by atoms with Gasteiger partial charge in [0.2, 0.25) is 11.8 Å². The van der Waals surface area contributed by atoms with Crippen LogP contribution >= 0.6 is 0 Å². The van der Waals surface area contributed by atoms with Gasteiger partial charge in [0.25, 0.3) is 5.91 Å². The van der Waals surface area contributed by atoms with Gasteiger partial charge < -0.3 is 15.8 Å². The van der Waals surface area contributed by atoms with Crippen LogP contribution in [0, 0.1) is 5.41 Å². The summed E-state index contributed by atoms with van der Waals surface area (Å²) in [5, 5.41) is 3.03. The predicted molar refractivity (Wildman–Crippen MR) is 120 cm³/mol. The number of carbonyl (C=O) groups excluding carboxylic acids is 3. The van der Waals surface area contributed by atoms with E-state index in [-0.39, 0.29) is 47.0 Å². The van der Waals surface area contributed by atoms with E-state index < -0.39 is 5.91 Å². The number of pyridine rings is 1. The Labute approximate surface area is 192 Å². The smallest absolute Gasteiger partial charge is 0.324 e. The van der Waals surface area contributed by atoms with Gasteiger partial charge in [-0.05, 0) is 61.6 Å². The van der Waals surface area contributed by atoms with Crippen LogP contribution in [0.3, 0.4) is 0 Å². The summed E-state index contributed by atoms with van der Waals surface area (Å²) in [6.07, 6.45) is 6.71. The number of nitrogens with zero attached hydrogens (tertiary/aromatic N) is 2. The minimum atomic E-state index is -0.562. The van der Waals surface area contributed by atoms with Crippen LogP contribution in [0.5, 0.6) is 5.88 Å². The molecule has 2 aliphatic carbocycles. The summed E-state index contributed by atoms with van der Waals surface area (Å²) in [4.78, 5) is 42.6. The summed E-state index contributed by atoms with van der Waals surface area (Å²) in [5.41, 5.74) is 6.98. The number of primary amides is 1. The van der Waals surface area contributed by atoms with E-state index in [1.807, 2.05) is 18.2 Å². The fourth-order valence-corrected chi connectivity index (χ4v) is 5.52. The molecule has 2 saturated carbocycles. The molecule has 8 nitrogen and oxygen atoms in total. The first kappa shape index (κ1) is 21.4. The van der Waals surface area contributed by atoms with E-state index in [9.17, 15) is 14.4 Å². The zero-order chi connectivity index (χ0) is 23.0. The van der Waals surface area contributed by atoms with Crippen molar-refractivity contribution in [2.45, 2.75) is 63.1 Å². The molecular formula is C25H28N4O4. The number of rotatable bonds is 7. The van der Waals surface area contributed by atoms with Crippen molar-refractivity contribution in [1.82, 2.24) is 15.2 Å². The predicted octanol–water partition coefficient (Wildman–Crippen LogP) is 2.81. The first-order valence-electron chi connectivity index (χ1n) is 11.5. The van der Waals surface area contributed by atoms with Crippen LogP contribution in [-0.4, -0.2) is 45.9 Å². The molecule has 5 rings (SSSR count). The number of imide groups is 1. The van der Waals surface area contributed by atoms with Gasteiger partial charge in [0, 0.05) is 24.7 Å². The summed E-state index contributed by atoms with van der Waals surface area (Å²) < 4.78 is 5.90. The SMILES string of the molecule is NC(=O)c1cccnc1OC1CC2(C1)CC(N1C(=O)C[C@H](CCc3ccccc3)NC1=O)C2. The van der Waals surface area contributed by atoms with Gasteiger partial charge in [-0.25, -0.2) is 9.78 Å². The molecule has 1 aromatic carbocycles. The Hall–Kier alpha value is -3.42.